The first kappa shape index (κ1) is 15.2. The van der Waals surface area contributed by atoms with Crippen molar-refractivity contribution in [3.8, 4) is 0 Å². The number of rotatable bonds is 3. The quantitative estimate of drug-likeness (QED) is 0.795. The van der Waals surface area contributed by atoms with Gasteiger partial charge in [-0.05, 0) is 39.2 Å². The number of nitrogens with two attached hydrogens (primary N) is 1. The Kier molecular flexibility index (Phi) is 4.84. The summed E-state index contributed by atoms with van der Waals surface area (Å²) in [4.78, 5) is 0. The van der Waals surface area contributed by atoms with Gasteiger partial charge < -0.3 is 10.5 Å². The molecule has 2 heterocycles. The average Bonchev–Trinajstić information content (AvgIpc) is 2.41. The van der Waals surface area contributed by atoms with Crippen molar-refractivity contribution in [1.82, 2.24) is 8.61 Å². The predicted molar refractivity (Wildman–Crippen MR) is 73.9 cm³/mol. The Morgan fingerprint density at radius 2 is 1.89 bits per heavy atom. The molecule has 2 atom stereocenters. The highest BCUT2D eigenvalue weighted by Gasteiger charge is 2.38. The molecule has 2 aliphatic heterocycles. The van der Waals surface area contributed by atoms with Crippen LogP contribution in [0.1, 0.15) is 26.7 Å². The summed E-state index contributed by atoms with van der Waals surface area (Å²) in [6, 6.07) is -0.0894. The normalized spacial score (nSPS) is 32.6. The lowest BCUT2D eigenvalue weighted by atomic mass is 9.99. The van der Waals surface area contributed by atoms with Crippen LogP contribution in [0.15, 0.2) is 0 Å². The van der Waals surface area contributed by atoms with Crippen LogP contribution in [-0.4, -0.2) is 62.0 Å². The van der Waals surface area contributed by atoms with Crippen LogP contribution in [0.25, 0.3) is 0 Å². The molecule has 6 nitrogen and oxygen atoms in total. The second-order valence-corrected chi connectivity index (χ2v) is 7.53. The van der Waals surface area contributed by atoms with Crippen LogP contribution in [0.5, 0.6) is 0 Å². The minimum absolute atomic E-state index is 0.0347. The molecule has 2 aliphatic rings. The first-order chi connectivity index (χ1) is 8.95. The second kappa shape index (κ2) is 6.05. The largest absolute Gasteiger partial charge is 0.375 e. The summed E-state index contributed by atoms with van der Waals surface area (Å²) in [6.07, 6.45) is 1.70. The van der Waals surface area contributed by atoms with E-state index in [9.17, 15) is 8.42 Å². The van der Waals surface area contributed by atoms with Gasteiger partial charge in [-0.15, -0.1) is 0 Å². The Labute approximate surface area is 116 Å². The third kappa shape index (κ3) is 3.28. The molecule has 0 saturated carbocycles. The summed E-state index contributed by atoms with van der Waals surface area (Å²) in [5.41, 5.74) is 5.65. The fourth-order valence-corrected chi connectivity index (χ4v) is 4.60. The zero-order valence-corrected chi connectivity index (χ0v) is 12.6. The first-order valence-electron chi connectivity index (χ1n) is 7.03. The van der Waals surface area contributed by atoms with Crippen LogP contribution in [0, 0.1) is 5.92 Å². The van der Waals surface area contributed by atoms with Crippen molar-refractivity contribution >= 4 is 10.2 Å². The molecule has 0 radical (unpaired) electrons. The fraction of sp³-hybridized carbons (Fsp3) is 1.00. The van der Waals surface area contributed by atoms with E-state index in [2.05, 4.69) is 0 Å². The van der Waals surface area contributed by atoms with Gasteiger partial charge >= 0.3 is 0 Å². The maximum absolute atomic E-state index is 12.7. The summed E-state index contributed by atoms with van der Waals surface area (Å²) in [5.74, 6) is 0.465. The number of piperidine rings is 1. The van der Waals surface area contributed by atoms with E-state index in [-0.39, 0.29) is 12.1 Å². The molecule has 0 aromatic heterocycles. The molecule has 19 heavy (non-hydrogen) atoms. The summed E-state index contributed by atoms with van der Waals surface area (Å²) >= 11 is 0. The van der Waals surface area contributed by atoms with Gasteiger partial charge in [-0.25, -0.2) is 0 Å². The van der Waals surface area contributed by atoms with Gasteiger partial charge in [0.1, 0.15) is 0 Å². The highest BCUT2D eigenvalue weighted by Crippen LogP contribution is 2.24. The monoisotopic (exact) mass is 291 g/mol. The van der Waals surface area contributed by atoms with E-state index >= 15 is 0 Å². The molecule has 0 aromatic rings. The van der Waals surface area contributed by atoms with E-state index in [1.807, 2.05) is 13.8 Å². The number of ether oxygens (including phenoxy) is 1. The molecule has 2 fully saturated rings. The molecule has 7 heteroatoms. The van der Waals surface area contributed by atoms with Crippen LogP contribution in [-0.2, 0) is 14.9 Å². The predicted octanol–water partition coefficient (Wildman–Crippen LogP) is 0.0111. The van der Waals surface area contributed by atoms with Crippen LogP contribution < -0.4 is 5.73 Å². The highest BCUT2D eigenvalue weighted by molar-refractivity contribution is 7.86. The van der Waals surface area contributed by atoms with Crippen molar-refractivity contribution in [3.63, 3.8) is 0 Å². The maximum Gasteiger partial charge on any atom is 0.282 e. The summed E-state index contributed by atoms with van der Waals surface area (Å²) in [7, 11) is -3.35. The summed E-state index contributed by atoms with van der Waals surface area (Å²) in [5, 5.41) is 0. The van der Waals surface area contributed by atoms with Crippen LogP contribution in [0.2, 0.25) is 0 Å². The maximum atomic E-state index is 12.7. The van der Waals surface area contributed by atoms with Crippen LogP contribution in [0.4, 0.5) is 0 Å². The Balaban J connectivity index is 2.05. The first-order valence-corrected chi connectivity index (χ1v) is 8.43. The van der Waals surface area contributed by atoms with E-state index in [1.165, 1.54) is 0 Å². The minimum atomic E-state index is -3.35. The zero-order chi connectivity index (χ0) is 14.0. The molecule has 2 unspecified atom stereocenters. The number of nitrogens with zero attached hydrogens (tertiary/aromatic N) is 2. The lowest BCUT2D eigenvalue weighted by Crippen LogP contribution is -2.56. The molecular weight excluding hydrogens is 266 g/mol. The van der Waals surface area contributed by atoms with Gasteiger partial charge in [0.05, 0.1) is 12.7 Å². The number of hydrogen-bond donors (Lipinski definition) is 1. The molecule has 112 valence electrons. The molecule has 0 spiro atoms. The van der Waals surface area contributed by atoms with Gasteiger partial charge in [0, 0.05) is 25.7 Å². The Morgan fingerprint density at radius 3 is 2.47 bits per heavy atom. The van der Waals surface area contributed by atoms with Crippen LogP contribution >= 0.6 is 0 Å². The van der Waals surface area contributed by atoms with E-state index < -0.39 is 10.2 Å². The second-order valence-electron chi connectivity index (χ2n) is 5.65. The van der Waals surface area contributed by atoms with Gasteiger partial charge in [0.15, 0.2) is 0 Å². The fourth-order valence-electron chi connectivity index (χ4n) is 2.72. The van der Waals surface area contributed by atoms with E-state index in [1.54, 1.807) is 8.61 Å². The summed E-state index contributed by atoms with van der Waals surface area (Å²) in [6.45, 7) is 6.55. The Bertz CT molecular complexity index is 393. The third-order valence-electron chi connectivity index (χ3n) is 4.08. The zero-order valence-electron chi connectivity index (χ0n) is 11.8. The van der Waals surface area contributed by atoms with Gasteiger partial charge in [-0.2, -0.15) is 17.0 Å². The standard InChI is InChI=1S/C12H25N3O3S/c1-10-9-18-11(2)8-15(10)19(16,17)14-5-3-12(7-13)4-6-14/h10-12H,3-9,13H2,1-2H3. The van der Waals surface area contributed by atoms with Crippen molar-refractivity contribution in [1.29, 1.82) is 0 Å². The average molecular weight is 291 g/mol. The van der Waals surface area contributed by atoms with Gasteiger partial charge in [0.2, 0.25) is 0 Å². The third-order valence-corrected chi connectivity index (χ3v) is 6.20. The SMILES string of the molecule is CC1CN(S(=O)(=O)N2CCC(CN)CC2)C(C)CO1. The molecule has 0 aromatic carbocycles. The molecule has 0 aliphatic carbocycles. The highest BCUT2D eigenvalue weighted by atomic mass is 32.2. The molecule has 2 rings (SSSR count). The van der Waals surface area contributed by atoms with Crippen molar-refractivity contribution in [3.05, 3.63) is 0 Å². The van der Waals surface area contributed by atoms with E-state index in [0.717, 1.165) is 12.8 Å². The number of morpholine rings is 1. The smallest absolute Gasteiger partial charge is 0.282 e. The van der Waals surface area contributed by atoms with Crippen molar-refractivity contribution < 1.29 is 13.2 Å². The Morgan fingerprint density at radius 1 is 1.26 bits per heavy atom. The topological polar surface area (TPSA) is 75.9 Å². The Hall–Kier alpha value is -0.210. The number of hydrogen-bond acceptors (Lipinski definition) is 4. The van der Waals surface area contributed by atoms with Gasteiger partial charge in [-0.1, -0.05) is 0 Å². The van der Waals surface area contributed by atoms with Crippen molar-refractivity contribution in [2.75, 3.05) is 32.8 Å². The van der Waals surface area contributed by atoms with Crippen molar-refractivity contribution in [2.45, 2.75) is 38.8 Å². The summed E-state index contributed by atoms with van der Waals surface area (Å²) < 4.78 is 34.0. The van der Waals surface area contributed by atoms with E-state index in [4.69, 9.17) is 10.5 Å². The molecule has 0 bridgehead atoms. The van der Waals surface area contributed by atoms with E-state index in [0.29, 0.717) is 38.7 Å². The van der Waals surface area contributed by atoms with Crippen molar-refractivity contribution in [2.24, 2.45) is 11.7 Å². The van der Waals surface area contributed by atoms with Gasteiger partial charge in [-0.3, -0.25) is 0 Å². The molecule has 0 amide bonds. The van der Waals surface area contributed by atoms with Crippen LogP contribution in [0.3, 0.4) is 0 Å². The molecule has 2 saturated heterocycles. The molecule has 2 N–H and O–H groups in total. The molecular formula is C12H25N3O3S. The van der Waals surface area contributed by atoms with Gasteiger partial charge in [0.25, 0.3) is 10.2 Å². The lowest BCUT2D eigenvalue weighted by Gasteiger charge is -2.40. The lowest BCUT2D eigenvalue weighted by molar-refractivity contribution is -0.0194. The minimum Gasteiger partial charge on any atom is -0.375 e.